The average molecular weight is 636 g/mol. The van der Waals surface area contributed by atoms with Crippen LogP contribution in [0.25, 0.3) is 76.9 Å². The van der Waals surface area contributed by atoms with Gasteiger partial charge in [-0.25, -0.2) is 0 Å². The Kier molecular flexibility index (Phi) is 7.93. The molecule has 0 bridgehead atoms. The molecule has 8 aromatic rings. The standard InChI is InChI=1S/C46H35NO.H2O/c1-2-35(44-21-11-12-30-48-44)31-22-24-32(25-23-31)45-38-15-3-5-17-40(38)46(41-18-6-4-16-39(41)45)33-26-28-34(29-27-33)47-42-19-9-7-13-36(42)37-14-8-10-20-43(37)47;/h2-11,13-29,44H,12,30H2,1H3;1H2/b35-2-;. The average Bonchev–Trinajstić information content (AvgIpc) is 3.49. The van der Waals surface area contributed by atoms with Gasteiger partial charge in [-0.2, -0.15) is 0 Å². The number of rotatable bonds is 5. The summed E-state index contributed by atoms with van der Waals surface area (Å²) >= 11 is 0. The van der Waals surface area contributed by atoms with Crippen LogP contribution in [0.5, 0.6) is 0 Å². The molecule has 0 aliphatic carbocycles. The van der Waals surface area contributed by atoms with Crippen LogP contribution in [0.4, 0.5) is 0 Å². The number of benzene rings is 7. The smallest absolute Gasteiger partial charge is 0.101 e. The SMILES string of the molecule is C/C=C(/c1ccc(-c2c3ccccc3c(-c3ccc(-n4c5ccccc5c5ccccc54)cc3)c3ccccc23)cc1)C1C=CCCO1.O. The molecule has 1 atom stereocenters. The number of ether oxygens (including phenoxy) is 1. The Morgan fingerprint density at radius 2 is 1.02 bits per heavy atom. The zero-order valence-corrected chi connectivity index (χ0v) is 27.4. The molecule has 3 nitrogen and oxygen atoms in total. The van der Waals surface area contributed by atoms with Crippen molar-refractivity contribution >= 4 is 48.9 Å². The molecule has 9 rings (SSSR count). The van der Waals surface area contributed by atoms with Gasteiger partial charge in [0, 0.05) is 16.5 Å². The molecule has 0 fully saturated rings. The first-order valence-electron chi connectivity index (χ1n) is 16.9. The summed E-state index contributed by atoms with van der Waals surface area (Å²) in [5.74, 6) is 0. The molecule has 1 aliphatic heterocycles. The lowest BCUT2D eigenvalue weighted by Crippen LogP contribution is -2.16. The fraction of sp³-hybridized carbons (Fsp3) is 0.0870. The first kappa shape index (κ1) is 30.6. The number of nitrogens with zero attached hydrogens (tertiary/aromatic N) is 1. The van der Waals surface area contributed by atoms with Crippen LogP contribution >= 0.6 is 0 Å². The quantitative estimate of drug-likeness (QED) is 0.137. The summed E-state index contributed by atoms with van der Waals surface area (Å²) in [6.07, 6.45) is 7.58. The molecule has 0 saturated carbocycles. The predicted octanol–water partition coefficient (Wildman–Crippen LogP) is 11.3. The van der Waals surface area contributed by atoms with Crippen molar-refractivity contribution in [1.29, 1.82) is 0 Å². The maximum Gasteiger partial charge on any atom is 0.101 e. The van der Waals surface area contributed by atoms with Crippen LogP contribution in [0.3, 0.4) is 0 Å². The van der Waals surface area contributed by atoms with Crippen molar-refractivity contribution < 1.29 is 10.2 Å². The second kappa shape index (κ2) is 12.7. The maximum atomic E-state index is 6.08. The van der Waals surface area contributed by atoms with Gasteiger partial charge in [0.1, 0.15) is 6.10 Å². The largest absolute Gasteiger partial charge is 0.412 e. The molecular formula is C46H37NO2. The molecule has 1 unspecified atom stereocenters. The van der Waals surface area contributed by atoms with E-state index in [9.17, 15) is 0 Å². The van der Waals surface area contributed by atoms with Crippen molar-refractivity contribution in [3.63, 3.8) is 0 Å². The number of hydrogen-bond donors (Lipinski definition) is 0. The van der Waals surface area contributed by atoms with E-state index in [0.29, 0.717) is 0 Å². The third kappa shape index (κ3) is 5.07. The normalized spacial score (nSPS) is 14.9. The van der Waals surface area contributed by atoms with Gasteiger partial charge in [-0.3, -0.25) is 0 Å². The fourth-order valence-electron chi connectivity index (χ4n) is 7.78. The lowest BCUT2D eigenvalue weighted by atomic mass is 9.85. The number of allylic oxidation sites excluding steroid dienone is 1. The molecule has 2 heterocycles. The van der Waals surface area contributed by atoms with E-state index in [1.165, 1.54) is 76.7 Å². The fourth-order valence-corrected chi connectivity index (χ4v) is 7.78. The highest BCUT2D eigenvalue weighted by Crippen LogP contribution is 2.44. The molecule has 0 radical (unpaired) electrons. The Morgan fingerprint density at radius 3 is 1.47 bits per heavy atom. The van der Waals surface area contributed by atoms with Crippen LogP contribution < -0.4 is 0 Å². The van der Waals surface area contributed by atoms with Crippen LogP contribution in [0.15, 0.2) is 164 Å². The highest BCUT2D eigenvalue weighted by atomic mass is 16.5. The summed E-state index contributed by atoms with van der Waals surface area (Å²) in [6, 6.07) is 53.3. The molecular weight excluding hydrogens is 599 g/mol. The zero-order valence-electron chi connectivity index (χ0n) is 27.4. The minimum Gasteiger partial charge on any atom is -0.412 e. The Bertz CT molecular complexity index is 2420. The van der Waals surface area contributed by atoms with E-state index < -0.39 is 0 Å². The minimum atomic E-state index is 0. The first-order valence-corrected chi connectivity index (χ1v) is 16.9. The molecule has 0 saturated heterocycles. The predicted molar refractivity (Wildman–Crippen MR) is 207 cm³/mol. The highest BCUT2D eigenvalue weighted by molar-refractivity contribution is 6.21. The van der Waals surface area contributed by atoms with Crippen molar-refractivity contribution in [1.82, 2.24) is 4.57 Å². The summed E-state index contributed by atoms with van der Waals surface area (Å²) in [6.45, 7) is 2.87. The van der Waals surface area contributed by atoms with E-state index >= 15 is 0 Å². The van der Waals surface area contributed by atoms with Gasteiger partial charge in [0.2, 0.25) is 0 Å². The molecule has 238 valence electrons. The van der Waals surface area contributed by atoms with Gasteiger partial charge < -0.3 is 14.8 Å². The summed E-state index contributed by atoms with van der Waals surface area (Å²) in [5, 5.41) is 7.59. The highest BCUT2D eigenvalue weighted by Gasteiger charge is 2.19. The summed E-state index contributed by atoms with van der Waals surface area (Å²) in [5.41, 5.74) is 11.0. The van der Waals surface area contributed by atoms with E-state index in [4.69, 9.17) is 4.74 Å². The monoisotopic (exact) mass is 635 g/mol. The van der Waals surface area contributed by atoms with E-state index in [2.05, 4.69) is 175 Å². The van der Waals surface area contributed by atoms with Crippen molar-refractivity contribution in [2.45, 2.75) is 19.4 Å². The summed E-state index contributed by atoms with van der Waals surface area (Å²) < 4.78 is 8.46. The van der Waals surface area contributed by atoms with Crippen molar-refractivity contribution in [3.8, 4) is 27.9 Å². The van der Waals surface area contributed by atoms with E-state index in [0.717, 1.165) is 18.7 Å². The van der Waals surface area contributed by atoms with Crippen LogP contribution in [-0.4, -0.2) is 22.8 Å². The Labute approximate surface area is 286 Å². The Morgan fingerprint density at radius 1 is 0.571 bits per heavy atom. The minimum absolute atomic E-state index is 0. The topological polar surface area (TPSA) is 45.7 Å². The van der Waals surface area contributed by atoms with Crippen molar-refractivity contribution in [2.24, 2.45) is 0 Å². The Balaban J connectivity index is 0.00000348. The van der Waals surface area contributed by atoms with E-state index in [1.54, 1.807) is 0 Å². The van der Waals surface area contributed by atoms with Crippen molar-refractivity contribution in [2.75, 3.05) is 6.61 Å². The first-order chi connectivity index (χ1) is 23.8. The lowest BCUT2D eigenvalue weighted by Gasteiger charge is -2.22. The van der Waals surface area contributed by atoms with Gasteiger partial charge in [-0.05, 0) is 92.5 Å². The molecule has 3 heteroatoms. The van der Waals surface area contributed by atoms with Gasteiger partial charge in [-0.15, -0.1) is 0 Å². The van der Waals surface area contributed by atoms with Crippen LogP contribution in [0.1, 0.15) is 18.9 Å². The van der Waals surface area contributed by atoms with Crippen molar-refractivity contribution in [3.05, 3.63) is 169 Å². The summed E-state index contributed by atoms with van der Waals surface area (Å²) in [4.78, 5) is 0. The second-order valence-electron chi connectivity index (χ2n) is 12.6. The molecule has 2 N–H and O–H groups in total. The third-order valence-corrected chi connectivity index (χ3v) is 9.94. The van der Waals surface area contributed by atoms with Gasteiger partial charge in [-0.1, -0.05) is 140 Å². The van der Waals surface area contributed by atoms with Crippen LogP contribution in [0.2, 0.25) is 0 Å². The number of hydrogen-bond acceptors (Lipinski definition) is 1. The molecule has 1 aromatic heterocycles. The van der Waals surface area contributed by atoms with Gasteiger partial charge in [0.15, 0.2) is 0 Å². The van der Waals surface area contributed by atoms with E-state index in [-0.39, 0.29) is 11.6 Å². The molecule has 0 spiro atoms. The second-order valence-corrected chi connectivity index (χ2v) is 12.6. The van der Waals surface area contributed by atoms with Crippen LogP contribution in [0, 0.1) is 0 Å². The number of para-hydroxylation sites is 2. The van der Waals surface area contributed by atoms with Gasteiger partial charge in [0.05, 0.1) is 17.6 Å². The zero-order chi connectivity index (χ0) is 32.0. The third-order valence-electron chi connectivity index (χ3n) is 9.94. The molecule has 1 aliphatic rings. The van der Waals surface area contributed by atoms with E-state index in [1.807, 2.05) is 0 Å². The summed E-state index contributed by atoms with van der Waals surface area (Å²) in [7, 11) is 0. The number of fused-ring (bicyclic) bond motifs is 5. The number of aromatic nitrogens is 1. The van der Waals surface area contributed by atoms with Crippen LogP contribution in [-0.2, 0) is 4.74 Å². The lowest BCUT2D eigenvalue weighted by molar-refractivity contribution is 0.116. The van der Waals surface area contributed by atoms with Gasteiger partial charge >= 0.3 is 0 Å². The van der Waals surface area contributed by atoms with Gasteiger partial charge in [0.25, 0.3) is 0 Å². The molecule has 7 aromatic carbocycles. The molecule has 49 heavy (non-hydrogen) atoms. The molecule has 0 amide bonds. The Hall–Kier alpha value is -5.74. The maximum absolute atomic E-state index is 6.08.